The lowest BCUT2D eigenvalue weighted by atomic mass is 9.96. The van der Waals surface area contributed by atoms with Gasteiger partial charge in [-0.3, -0.25) is 9.59 Å². The summed E-state index contributed by atoms with van der Waals surface area (Å²) in [7, 11) is 0. The predicted octanol–water partition coefficient (Wildman–Crippen LogP) is 4.96. The number of hydrogen-bond donors (Lipinski definition) is 1. The Hall–Kier alpha value is -3.34. The van der Waals surface area contributed by atoms with Crippen molar-refractivity contribution in [2.45, 2.75) is 32.7 Å². The third-order valence-corrected chi connectivity index (χ3v) is 5.37. The first-order valence-corrected chi connectivity index (χ1v) is 9.85. The van der Waals surface area contributed by atoms with Gasteiger partial charge in [0.25, 0.3) is 11.7 Å². The normalized spacial score (nSPS) is 18.7. The number of nitrogens with zero attached hydrogens (tertiary/aromatic N) is 1. The average Bonchev–Trinajstić information content (AvgIpc) is 3.27. The van der Waals surface area contributed by atoms with Crippen LogP contribution in [0, 0.1) is 6.92 Å². The number of aliphatic hydroxyl groups excluding tert-OH is 1. The van der Waals surface area contributed by atoms with Crippen LogP contribution in [0.3, 0.4) is 0 Å². The highest BCUT2D eigenvalue weighted by Crippen LogP contribution is 2.41. The van der Waals surface area contributed by atoms with Crippen LogP contribution in [0.15, 0.2) is 64.6 Å². The lowest BCUT2D eigenvalue weighted by molar-refractivity contribution is -0.140. The highest BCUT2D eigenvalue weighted by molar-refractivity contribution is 6.46. The first-order valence-electron chi connectivity index (χ1n) is 9.85. The molecule has 0 saturated carbocycles. The van der Waals surface area contributed by atoms with Crippen molar-refractivity contribution >= 4 is 28.2 Å². The molecule has 3 aromatic rings. The highest BCUT2D eigenvalue weighted by Gasteiger charge is 2.47. The highest BCUT2D eigenvalue weighted by atomic mass is 16.3. The molecule has 0 aliphatic carbocycles. The van der Waals surface area contributed by atoms with Gasteiger partial charge in [0.05, 0.1) is 5.57 Å². The number of aliphatic hydroxyl groups is 1. The summed E-state index contributed by atoms with van der Waals surface area (Å²) in [5.74, 6) is -0.270. The summed E-state index contributed by atoms with van der Waals surface area (Å²) in [6.45, 7) is 4.27. The Morgan fingerprint density at radius 3 is 2.55 bits per heavy atom. The van der Waals surface area contributed by atoms with Crippen molar-refractivity contribution in [1.29, 1.82) is 0 Å². The summed E-state index contributed by atoms with van der Waals surface area (Å²) in [5.41, 5.74) is 0.613. The molecule has 1 saturated heterocycles. The summed E-state index contributed by atoms with van der Waals surface area (Å²) >= 11 is 0. The second-order valence-electron chi connectivity index (χ2n) is 7.32. The standard InChI is InChI=1S/C24H23NO4/c1-3-4-14-25-21(19-13-12-15(2)29-19)20(23(27)24(25)28)22(26)18-11-7-9-16-8-5-6-10-17(16)18/h5-13,21,26H,3-4,14H2,1-2H3/b22-20-. The van der Waals surface area contributed by atoms with E-state index in [2.05, 4.69) is 0 Å². The number of ketones is 1. The molecule has 5 nitrogen and oxygen atoms in total. The SMILES string of the molecule is CCCCN1C(=O)C(=O)/C(=C(\O)c2cccc3ccccc23)C1c1ccc(C)o1. The van der Waals surface area contributed by atoms with Gasteiger partial charge in [-0.05, 0) is 36.2 Å². The van der Waals surface area contributed by atoms with E-state index in [-0.39, 0.29) is 11.3 Å². The van der Waals surface area contributed by atoms with Gasteiger partial charge in [-0.1, -0.05) is 55.8 Å². The van der Waals surface area contributed by atoms with Gasteiger partial charge in [-0.25, -0.2) is 0 Å². The molecule has 2 aromatic carbocycles. The third-order valence-electron chi connectivity index (χ3n) is 5.37. The van der Waals surface area contributed by atoms with E-state index in [1.807, 2.05) is 50.2 Å². The third kappa shape index (κ3) is 3.23. The zero-order chi connectivity index (χ0) is 20.5. The van der Waals surface area contributed by atoms with Crippen LogP contribution < -0.4 is 0 Å². The molecule has 0 bridgehead atoms. The number of amides is 1. The fourth-order valence-electron chi connectivity index (χ4n) is 3.91. The van der Waals surface area contributed by atoms with Crippen molar-refractivity contribution in [2.75, 3.05) is 6.54 Å². The number of hydrogen-bond acceptors (Lipinski definition) is 4. The number of aryl methyl sites for hydroxylation is 1. The predicted molar refractivity (Wildman–Crippen MR) is 111 cm³/mol. The monoisotopic (exact) mass is 389 g/mol. The van der Waals surface area contributed by atoms with Crippen LogP contribution in [0.4, 0.5) is 0 Å². The van der Waals surface area contributed by atoms with Crippen LogP contribution >= 0.6 is 0 Å². The molecule has 1 unspecified atom stereocenters. The maximum absolute atomic E-state index is 13.0. The molecule has 1 aliphatic heterocycles. The number of carbonyl (C=O) groups excluding carboxylic acids is 2. The topological polar surface area (TPSA) is 70.8 Å². The van der Waals surface area contributed by atoms with E-state index in [0.717, 1.165) is 23.6 Å². The Morgan fingerprint density at radius 1 is 1.07 bits per heavy atom. The second kappa shape index (κ2) is 7.59. The fraction of sp³-hybridized carbons (Fsp3) is 0.250. The average molecular weight is 389 g/mol. The van der Waals surface area contributed by atoms with E-state index in [0.29, 0.717) is 23.6 Å². The molecule has 4 rings (SSSR count). The molecule has 0 spiro atoms. The van der Waals surface area contributed by atoms with Crippen LogP contribution in [0.5, 0.6) is 0 Å². The first kappa shape index (κ1) is 19.0. The summed E-state index contributed by atoms with van der Waals surface area (Å²) in [6, 6.07) is 16.0. The maximum atomic E-state index is 13.0. The van der Waals surface area contributed by atoms with E-state index < -0.39 is 17.7 Å². The lowest BCUT2D eigenvalue weighted by Gasteiger charge is -2.23. The van der Waals surface area contributed by atoms with Crippen molar-refractivity contribution in [3.8, 4) is 0 Å². The molecular weight excluding hydrogens is 366 g/mol. The largest absolute Gasteiger partial charge is 0.507 e. The Morgan fingerprint density at radius 2 is 1.83 bits per heavy atom. The van der Waals surface area contributed by atoms with Crippen molar-refractivity contribution in [2.24, 2.45) is 0 Å². The van der Waals surface area contributed by atoms with Gasteiger partial charge in [0.15, 0.2) is 0 Å². The molecule has 5 heteroatoms. The zero-order valence-corrected chi connectivity index (χ0v) is 16.5. The Kier molecular flexibility index (Phi) is 4.97. The van der Waals surface area contributed by atoms with Gasteiger partial charge in [0, 0.05) is 12.1 Å². The molecule has 1 amide bonds. The quantitative estimate of drug-likeness (QED) is 0.380. The smallest absolute Gasteiger partial charge is 0.295 e. The molecule has 1 aromatic heterocycles. The van der Waals surface area contributed by atoms with E-state index >= 15 is 0 Å². The first-order chi connectivity index (χ1) is 14.0. The summed E-state index contributed by atoms with van der Waals surface area (Å²) in [5, 5.41) is 13.0. The van der Waals surface area contributed by atoms with Crippen LogP contribution in [-0.2, 0) is 9.59 Å². The van der Waals surface area contributed by atoms with Crippen LogP contribution in [0.2, 0.25) is 0 Å². The second-order valence-corrected chi connectivity index (χ2v) is 7.32. The molecule has 2 heterocycles. The minimum Gasteiger partial charge on any atom is -0.507 e. The summed E-state index contributed by atoms with van der Waals surface area (Å²) in [4.78, 5) is 27.3. The summed E-state index contributed by atoms with van der Waals surface area (Å²) < 4.78 is 5.79. The van der Waals surface area contributed by atoms with Crippen LogP contribution in [-0.4, -0.2) is 28.2 Å². The molecule has 1 fully saturated rings. The maximum Gasteiger partial charge on any atom is 0.295 e. The lowest BCUT2D eigenvalue weighted by Crippen LogP contribution is -2.30. The minimum atomic E-state index is -0.728. The number of fused-ring (bicyclic) bond motifs is 1. The number of furan rings is 1. The van der Waals surface area contributed by atoms with E-state index in [9.17, 15) is 14.7 Å². The molecule has 1 aliphatic rings. The van der Waals surface area contributed by atoms with Crippen LogP contribution in [0.1, 0.15) is 42.9 Å². The number of unbranched alkanes of at least 4 members (excludes halogenated alkanes) is 1. The van der Waals surface area contributed by atoms with Gasteiger partial charge in [-0.2, -0.15) is 0 Å². The van der Waals surface area contributed by atoms with Crippen molar-refractivity contribution in [1.82, 2.24) is 4.90 Å². The Labute approximate surface area is 169 Å². The van der Waals surface area contributed by atoms with Gasteiger partial charge in [0.2, 0.25) is 0 Å². The number of benzene rings is 2. The van der Waals surface area contributed by atoms with Crippen molar-refractivity contribution in [3.63, 3.8) is 0 Å². The van der Waals surface area contributed by atoms with Gasteiger partial charge >= 0.3 is 0 Å². The van der Waals surface area contributed by atoms with Gasteiger partial charge < -0.3 is 14.4 Å². The Balaban J connectivity index is 1.92. The van der Waals surface area contributed by atoms with E-state index in [1.165, 1.54) is 4.90 Å². The number of carbonyl (C=O) groups is 2. The molecular formula is C24H23NO4. The van der Waals surface area contributed by atoms with Gasteiger partial charge in [-0.15, -0.1) is 0 Å². The molecule has 1 atom stereocenters. The number of likely N-dealkylation sites (tertiary alicyclic amines) is 1. The van der Waals surface area contributed by atoms with E-state index in [4.69, 9.17) is 4.42 Å². The minimum absolute atomic E-state index is 0.0804. The molecule has 29 heavy (non-hydrogen) atoms. The summed E-state index contributed by atoms with van der Waals surface area (Å²) in [6.07, 6.45) is 1.65. The van der Waals surface area contributed by atoms with Crippen LogP contribution in [0.25, 0.3) is 16.5 Å². The molecule has 1 N–H and O–H groups in total. The van der Waals surface area contributed by atoms with Crippen molar-refractivity contribution < 1.29 is 19.1 Å². The van der Waals surface area contributed by atoms with E-state index in [1.54, 1.807) is 18.2 Å². The van der Waals surface area contributed by atoms with Gasteiger partial charge in [0.1, 0.15) is 23.3 Å². The Bertz CT molecular complexity index is 1120. The molecule has 0 radical (unpaired) electrons. The number of Topliss-reactive ketones (excluding diaryl/α,β-unsaturated/α-hetero) is 1. The van der Waals surface area contributed by atoms with Crippen molar-refractivity contribution in [3.05, 3.63) is 77.3 Å². The molecule has 148 valence electrons. The zero-order valence-electron chi connectivity index (χ0n) is 16.5. The number of rotatable bonds is 5. The fourth-order valence-corrected chi connectivity index (χ4v) is 3.91.